The maximum Gasteiger partial charge on any atom is 0.340 e. The van der Waals surface area contributed by atoms with Crippen molar-refractivity contribution in [3.05, 3.63) is 23.8 Å². The number of carbonyl (C=O) groups is 1. The molecule has 0 saturated heterocycles. The van der Waals surface area contributed by atoms with E-state index >= 15 is 0 Å². The number of unbranched alkanes of at least 4 members (excludes halogenated alkanes) is 1. The van der Waals surface area contributed by atoms with Crippen molar-refractivity contribution in [1.29, 1.82) is 0 Å². The molecule has 0 amide bonds. The van der Waals surface area contributed by atoms with Crippen molar-refractivity contribution >= 4 is 17.3 Å². The van der Waals surface area contributed by atoms with Crippen molar-refractivity contribution in [2.24, 2.45) is 0 Å². The van der Waals surface area contributed by atoms with Gasteiger partial charge in [0.2, 0.25) is 0 Å². The van der Waals surface area contributed by atoms with Gasteiger partial charge in [-0.25, -0.2) is 4.79 Å². The quantitative estimate of drug-likeness (QED) is 0.429. The minimum absolute atomic E-state index is 0.401. The van der Waals surface area contributed by atoms with Crippen LogP contribution in [0.25, 0.3) is 0 Å². The molecular formula is C14H22N2O3. The molecule has 106 valence electrons. The first-order valence-electron chi connectivity index (χ1n) is 6.48. The van der Waals surface area contributed by atoms with Crippen molar-refractivity contribution in [3.63, 3.8) is 0 Å². The molecule has 3 N–H and O–H groups in total. The standard InChI is InChI=1S/C14H22N2O3/c1-3-4-8-19-9-7-16-13-6-5-11(15)10-12(13)14(17)18-2/h5-6,10,16H,3-4,7-9,15H2,1-2H3. The zero-order valence-corrected chi connectivity index (χ0v) is 11.6. The molecule has 0 bridgehead atoms. The minimum Gasteiger partial charge on any atom is -0.465 e. The van der Waals surface area contributed by atoms with E-state index in [1.54, 1.807) is 18.2 Å². The summed E-state index contributed by atoms with van der Waals surface area (Å²) in [5.74, 6) is -0.401. The highest BCUT2D eigenvalue weighted by Crippen LogP contribution is 2.19. The Kier molecular flexibility index (Phi) is 6.74. The number of nitrogens with two attached hydrogens (primary N) is 1. The van der Waals surface area contributed by atoms with Gasteiger partial charge < -0.3 is 20.5 Å². The lowest BCUT2D eigenvalue weighted by molar-refractivity contribution is 0.0601. The van der Waals surface area contributed by atoms with E-state index in [2.05, 4.69) is 12.2 Å². The van der Waals surface area contributed by atoms with Crippen molar-refractivity contribution in [1.82, 2.24) is 0 Å². The van der Waals surface area contributed by atoms with Crippen LogP contribution in [0.5, 0.6) is 0 Å². The average molecular weight is 266 g/mol. The van der Waals surface area contributed by atoms with Gasteiger partial charge in [-0.1, -0.05) is 13.3 Å². The lowest BCUT2D eigenvalue weighted by Crippen LogP contribution is -2.13. The smallest absolute Gasteiger partial charge is 0.340 e. The van der Waals surface area contributed by atoms with Gasteiger partial charge in [-0.2, -0.15) is 0 Å². The predicted molar refractivity (Wildman–Crippen MR) is 76.4 cm³/mol. The lowest BCUT2D eigenvalue weighted by atomic mass is 10.1. The van der Waals surface area contributed by atoms with Gasteiger partial charge in [0.1, 0.15) is 0 Å². The summed E-state index contributed by atoms with van der Waals surface area (Å²) in [5, 5.41) is 3.15. The highest BCUT2D eigenvalue weighted by atomic mass is 16.5. The van der Waals surface area contributed by atoms with Crippen LogP contribution in [0.15, 0.2) is 18.2 Å². The number of carbonyl (C=O) groups excluding carboxylic acids is 1. The summed E-state index contributed by atoms with van der Waals surface area (Å²) < 4.78 is 10.2. The summed E-state index contributed by atoms with van der Waals surface area (Å²) in [6, 6.07) is 5.12. The van der Waals surface area contributed by atoms with Crippen LogP contribution in [-0.4, -0.2) is 32.8 Å². The molecule has 0 radical (unpaired) electrons. The topological polar surface area (TPSA) is 73.6 Å². The fourth-order valence-electron chi connectivity index (χ4n) is 1.60. The number of hydrogen-bond donors (Lipinski definition) is 2. The molecular weight excluding hydrogens is 244 g/mol. The number of hydrogen-bond acceptors (Lipinski definition) is 5. The Bertz CT molecular complexity index is 408. The second-order valence-corrected chi connectivity index (χ2v) is 4.19. The van der Waals surface area contributed by atoms with Crippen LogP contribution in [-0.2, 0) is 9.47 Å². The third-order valence-corrected chi connectivity index (χ3v) is 2.65. The van der Waals surface area contributed by atoms with E-state index in [-0.39, 0.29) is 0 Å². The van der Waals surface area contributed by atoms with Crippen LogP contribution in [0.4, 0.5) is 11.4 Å². The van der Waals surface area contributed by atoms with Crippen LogP contribution >= 0.6 is 0 Å². The Morgan fingerprint density at radius 3 is 2.84 bits per heavy atom. The van der Waals surface area contributed by atoms with Crippen molar-refractivity contribution in [2.45, 2.75) is 19.8 Å². The molecule has 0 spiro atoms. The van der Waals surface area contributed by atoms with Crippen molar-refractivity contribution in [2.75, 3.05) is 37.9 Å². The molecule has 0 aliphatic rings. The van der Waals surface area contributed by atoms with Crippen LogP contribution in [0.1, 0.15) is 30.1 Å². The molecule has 0 aromatic heterocycles. The Morgan fingerprint density at radius 2 is 2.16 bits per heavy atom. The van der Waals surface area contributed by atoms with Gasteiger partial charge in [0.05, 0.1) is 19.3 Å². The lowest BCUT2D eigenvalue weighted by Gasteiger charge is -2.11. The summed E-state index contributed by atoms with van der Waals surface area (Å²) >= 11 is 0. The van der Waals surface area contributed by atoms with Gasteiger partial charge in [-0.05, 0) is 24.6 Å². The minimum atomic E-state index is -0.401. The first kappa shape index (κ1) is 15.3. The molecule has 0 atom stereocenters. The SMILES string of the molecule is CCCCOCCNc1ccc(N)cc1C(=O)OC. The highest BCUT2D eigenvalue weighted by Gasteiger charge is 2.11. The Hall–Kier alpha value is -1.75. The second-order valence-electron chi connectivity index (χ2n) is 4.19. The number of nitrogen functional groups attached to an aromatic ring is 1. The first-order chi connectivity index (χ1) is 9.19. The number of methoxy groups -OCH3 is 1. The van der Waals surface area contributed by atoms with Gasteiger partial charge in [0, 0.05) is 24.5 Å². The van der Waals surface area contributed by atoms with Crippen LogP contribution in [0.3, 0.4) is 0 Å². The van der Waals surface area contributed by atoms with E-state index in [0.29, 0.717) is 30.1 Å². The number of esters is 1. The maximum absolute atomic E-state index is 11.6. The van der Waals surface area contributed by atoms with Gasteiger partial charge >= 0.3 is 5.97 Å². The molecule has 0 heterocycles. The zero-order chi connectivity index (χ0) is 14.1. The van der Waals surface area contributed by atoms with E-state index in [9.17, 15) is 4.79 Å². The Balaban J connectivity index is 2.50. The van der Waals surface area contributed by atoms with Crippen LogP contribution < -0.4 is 11.1 Å². The Morgan fingerprint density at radius 1 is 1.37 bits per heavy atom. The average Bonchev–Trinajstić information content (AvgIpc) is 2.43. The molecule has 0 aliphatic heterocycles. The molecule has 1 aromatic rings. The maximum atomic E-state index is 11.6. The molecule has 19 heavy (non-hydrogen) atoms. The summed E-state index contributed by atoms with van der Waals surface area (Å²) in [5.41, 5.74) is 7.35. The molecule has 0 unspecified atom stereocenters. The van der Waals surface area contributed by atoms with E-state index in [1.165, 1.54) is 7.11 Å². The normalized spacial score (nSPS) is 10.2. The fraction of sp³-hybridized carbons (Fsp3) is 0.500. The van der Waals surface area contributed by atoms with E-state index in [4.69, 9.17) is 15.2 Å². The number of rotatable bonds is 8. The molecule has 1 rings (SSSR count). The van der Waals surface area contributed by atoms with Gasteiger partial charge in [0.15, 0.2) is 0 Å². The second kappa shape index (κ2) is 8.37. The number of benzene rings is 1. The van der Waals surface area contributed by atoms with E-state index < -0.39 is 5.97 Å². The van der Waals surface area contributed by atoms with Crippen molar-refractivity contribution < 1.29 is 14.3 Å². The molecule has 0 saturated carbocycles. The van der Waals surface area contributed by atoms with Crippen LogP contribution in [0.2, 0.25) is 0 Å². The van der Waals surface area contributed by atoms with Gasteiger partial charge in [-0.3, -0.25) is 0 Å². The number of ether oxygens (including phenoxy) is 2. The van der Waals surface area contributed by atoms with E-state index in [0.717, 1.165) is 19.4 Å². The van der Waals surface area contributed by atoms with Crippen molar-refractivity contribution in [3.8, 4) is 0 Å². The zero-order valence-electron chi connectivity index (χ0n) is 11.6. The molecule has 5 heteroatoms. The monoisotopic (exact) mass is 266 g/mol. The molecule has 0 fully saturated rings. The van der Waals surface area contributed by atoms with Crippen LogP contribution in [0, 0.1) is 0 Å². The fourth-order valence-corrected chi connectivity index (χ4v) is 1.60. The highest BCUT2D eigenvalue weighted by molar-refractivity contribution is 5.96. The molecule has 1 aromatic carbocycles. The summed E-state index contributed by atoms with van der Waals surface area (Å²) in [7, 11) is 1.35. The number of nitrogens with one attached hydrogen (secondary N) is 1. The summed E-state index contributed by atoms with van der Waals surface area (Å²) in [6.07, 6.45) is 2.19. The summed E-state index contributed by atoms with van der Waals surface area (Å²) in [4.78, 5) is 11.6. The van der Waals surface area contributed by atoms with Gasteiger partial charge in [0.25, 0.3) is 0 Å². The molecule has 0 aliphatic carbocycles. The number of anilines is 2. The third kappa shape index (κ3) is 5.18. The predicted octanol–water partition coefficient (Wildman–Crippen LogP) is 2.28. The van der Waals surface area contributed by atoms with E-state index in [1.807, 2.05) is 0 Å². The Labute approximate surface area is 114 Å². The first-order valence-corrected chi connectivity index (χ1v) is 6.48. The molecule has 5 nitrogen and oxygen atoms in total. The third-order valence-electron chi connectivity index (χ3n) is 2.65. The van der Waals surface area contributed by atoms with Gasteiger partial charge in [-0.15, -0.1) is 0 Å². The largest absolute Gasteiger partial charge is 0.465 e. The summed E-state index contributed by atoms with van der Waals surface area (Å²) in [6.45, 7) is 4.13.